The van der Waals surface area contributed by atoms with Crippen molar-refractivity contribution in [2.45, 2.75) is 26.4 Å². The van der Waals surface area contributed by atoms with E-state index < -0.39 is 12.3 Å². The van der Waals surface area contributed by atoms with Crippen molar-refractivity contribution in [1.29, 1.82) is 0 Å². The molecular weight excluding hydrogens is 499 g/mol. The van der Waals surface area contributed by atoms with Gasteiger partial charge in [0.05, 0.1) is 23.1 Å². The Morgan fingerprint density at radius 3 is 2.37 bits per heavy atom. The van der Waals surface area contributed by atoms with Gasteiger partial charge in [0.15, 0.2) is 0 Å². The molecule has 0 saturated carbocycles. The number of hydrogen-bond acceptors (Lipinski definition) is 6. The van der Waals surface area contributed by atoms with Crippen LogP contribution in [0.1, 0.15) is 28.5 Å². The van der Waals surface area contributed by atoms with E-state index >= 15 is 0 Å². The summed E-state index contributed by atoms with van der Waals surface area (Å²) in [5.74, 6) is -1.00. The minimum Gasteiger partial charge on any atom is -0.486 e. The number of rotatable bonds is 10. The fourth-order valence-electron chi connectivity index (χ4n) is 3.74. The van der Waals surface area contributed by atoms with Gasteiger partial charge in [0.25, 0.3) is 0 Å². The van der Waals surface area contributed by atoms with Crippen molar-refractivity contribution >= 4 is 11.7 Å². The van der Waals surface area contributed by atoms with E-state index in [1.54, 1.807) is 12.1 Å². The van der Waals surface area contributed by atoms with Gasteiger partial charge in [-0.15, -0.1) is 13.2 Å². The van der Waals surface area contributed by atoms with Gasteiger partial charge in [-0.2, -0.15) is 0 Å². The summed E-state index contributed by atoms with van der Waals surface area (Å²) in [4.78, 5) is 21.7. The van der Waals surface area contributed by atoms with Crippen LogP contribution in [0, 0.1) is 0 Å². The summed E-state index contributed by atoms with van der Waals surface area (Å²) >= 11 is 0. The smallest absolute Gasteiger partial charge is 0.486 e. The SMILES string of the molecule is CCN(Cc1ccc(-c2cccc(COc3cncc(C(=O)O)c3)n2)cc1)c1ccc(OC(F)(F)F)cc1. The molecule has 10 heteroatoms. The number of aromatic carboxylic acids is 1. The van der Waals surface area contributed by atoms with Crippen molar-refractivity contribution in [3.63, 3.8) is 0 Å². The Labute approximate surface area is 217 Å². The third-order valence-corrected chi connectivity index (χ3v) is 5.59. The van der Waals surface area contributed by atoms with Crippen LogP contribution in [-0.2, 0) is 13.2 Å². The molecule has 0 spiro atoms. The molecule has 4 aromatic rings. The number of ether oxygens (including phenoxy) is 2. The number of benzene rings is 2. The van der Waals surface area contributed by atoms with Gasteiger partial charge in [0.2, 0.25) is 0 Å². The normalized spacial score (nSPS) is 11.2. The van der Waals surface area contributed by atoms with E-state index in [1.807, 2.05) is 54.3 Å². The highest BCUT2D eigenvalue weighted by Crippen LogP contribution is 2.26. The first-order valence-corrected chi connectivity index (χ1v) is 11.7. The van der Waals surface area contributed by atoms with Gasteiger partial charge >= 0.3 is 12.3 Å². The van der Waals surface area contributed by atoms with Gasteiger partial charge in [-0.05, 0) is 55.0 Å². The molecule has 0 aliphatic heterocycles. The summed E-state index contributed by atoms with van der Waals surface area (Å²) in [7, 11) is 0. The molecule has 2 aromatic carbocycles. The number of alkyl halides is 3. The molecule has 0 fully saturated rings. The van der Waals surface area contributed by atoms with E-state index in [-0.39, 0.29) is 17.9 Å². The molecule has 196 valence electrons. The second kappa shape index (κ2) is 11.6. The molecule has 4 rings (SSSR count). The lowest BCUT2D eigenvalue weighted by Gasteiger charge is -2.23. The number of aromatic nitrogens is 2. The maximum atomic E-state index is 12.4. The maximum absolute atomic E-state index is 12.4. The molecule has 0 aliphatic carbocycles. The molecule has 2 heterocycles. The van der Waals surface area contributed by atoms with E-state index in [4.69, 9.17) is 9.84 Å². The van der Waals surface area contributed by atoms with Crippen LogP contribution in [0.5, 0.6) is 11.5 Å². The minimum absolute atomic E-state index is 0.0402. The van der Waals surface area contributed by atoms with Gasteiger partial charge < -0.3 is 19.5 Å². The number of halogens is 3. The van der Waals surface area contributed by atoms with Crippen molar-refractivity contribution in [3.05, 3.63) is 102 Å². The van der Waals surface area contributed by atoms with Crippen LogP contribution >= 0.6 is 0 Å². The Kier molecular flexibility index (Phi) is 8.10. The summed E-state index contributed by atoms with van der Waals surface area (Å²) in [5.41, 5.74) is 4.17. The number of hydrogen-bond donors (Lipinski definition) is 1. The molecule has 1 N–H and O–H groups in total. The average molecular weight is 524 g/mol. The molecule has 0 atom stereocenters. The highest BCUT2D eigenvalue weighted by Gasteiger charge is 2.31. The number of carboxylic acid groups (broad SMARTS) is 1. The summed E-state index contributed by atoms with van der Waals surface area (Å²) in [6.07, 6.45) is -2.03. The Morgan fingerprint density at radius 1 is 0.974 bits per heavy atom. The van der Waals surface area contributed by atoms with Crippen molar-refractivity contribution in [2.24, 2.45) is 0 Å². The van der Waals surface area contributed by atoms with Crippen LogP contribution in [-0.4, -0.2) is 34.0 Å². The van der Waals surface area contributed by atoms with Crippen molar-refractivity contribution in [2.75, 3.05) is 11.4 Å². The van der Waals surface area contributed by atoms with E-state index in [0.29, 0.717) is 24.5 Å². The number of carbonyl (C=O) groups is 1. The number of nitrogens with zero attached hydrogens (tertiary/aromatic N) is 3. The molecular formula is C28H24F3N3O4. The zero-order valence-corrected chi connectivity index (χ0v) is 20.4. The largest absolute Gasteiger partial charge is 0.573 e. The lowest BCUT2D eigenvalue weighted by molar-refractivity contribution is -0.274. The second-order valence-electron chi connectivity index (χ2n) is 8.27. The average Bonchev–Trinajstić information content (AvgIpc) is 2.91. The molecule has 0 bridgehead atoms. The summed E-state index contributed by atoms with van der Waals surface area (Å²) in [6.45, 7) is 3.35. The first-order valence-electron chi connectivity index (χ1n) is 11.7. The second-order valence-corrected chi connectivity index (χ2v) is 8.27. The topological polar surface area (TPSA) is 84.8 Å². The molecule has 0 radical (unpaired) electrons. The first-order chi connectivity index (χ1) is 18.2. The van der Waals surface area contributed by atoms with Crippen LogP contribution in [0.2, 0.25) is 0 Å². The monoisotopic (exact) mass is 523 g/mol. The molecule has 38 heavy (non-hydrogen) atoms. The molecule has 2 aromatic heterocycles. The quantitative estimate of drug-likeness (QED) is 0.259. The van der Waals surface area contributed by atoms with Gasteiger partial charge in [-0.3, -0.25) is 4.98 Å². The number of carboxylic acids is 1. The molecule has 0 saturated heterocycles. The predicted molar refractivity (Wildman–Crippen MR) is 135 cm³/mol. The van der Waals surface area contributed by atoms with Gasteiger partial charge in [0, 0.05) is 30.5 Å². The highest BCUT2D eigenvalue weighted by molar-refractivity contribution is 5.87. The van der Waals surface area contributed by atoms with Gasteiger partial charge in [0.1, 0.15) is 18.1 Å². The summed E-state index contributed by atoms with van der Waals surface area (Å²) in [6, 6.07) is 20.6. The number of pyridine rings is 2. The van der Waals surface area contributed by atoms with Crippen molar-refractivity contribution in [1.82, 2.24) is 9.97 Å². The van der Waals surface area contributed by atoms with E-state index in [1.165, 1.54) is 30.6 Å². The van der Waals surface area contributed by atoms with Gasteiger partial charge in [-0.25, -0.2) is 9.78 Å². The molecule has 0 amide bonds. The van der Waals surface area contributed by atoms with Crippen LogP contribution < -0.4 is 14.4 Å². The minimum atomic E-state index is -4.72. The fourth-order valence-corrected chi connectivity index (χ4v) is 3.74. The van der Waals surface area contributed by atoms with Crippen molar-refractivity contribution in [3.8, 4) is 22.8 Å². The predicted octanol–water partition coefficient (Wildman–Crippen LogP) is 6.35. The lowest BCUT2D eigenvalue weighted by Crippen LogP contribution is -2.22. The maximum Gasteiger partial charge on any atom is 0.573 e. The van der Waals surface area contributed by atoms with E-state index in [9.17, 15) is 18.0 Å². The Balaban J connectivity index is 1.40. The van der Waals surface area contributed by atoms with Crippen LogP contribution in [0.25, 0.3) is 11.3 Å². The first kappa shape index (κ1) is 26.5. The van der Waals surface area contributed by atoms with Crippen molar-refractivity contribution < 1.29 is 32.5 Å². The standard InChI is InChI=1S/C28H24F3N3O4/c1-2-34(23-10-12-24(13-11-23)38-28(29,30)31)17-19-6-8-20(9-7-19)26-5-3-4-22(33-26)18-37-25-14-21(27(35)36)15-32-16-25/h3-16H,2,17-18H2,1H3,(H,35,36). The van der Waals surface area contributed by atoms with Gasteiger partial charge in [-0.1, -0.05) is 30.3 Å². The molecule has 0 unspecified atom stereocenters. The third-order valence-electron chi connectivity index (χ3n) is 5.59. The summed E-state index contributed by atoms with van der Waals surface area (Å²) < 4.78 is 46.9. The van der Waals surface area contributed by atoms with E-state index in [2.05, 4.69) is 14.7 Å². The number of anilines is 1. The molecule has 0 aliphatic rings. The highest BCUT2D eigenvalue weighted by atomic mass is 19.4. The lowest BCUT2D eigenvalue weighted by atomic mass is 10.1. The third kappa shape index (κ3) is 7.22. The van der Waals surface area contributed by atoms with Crippen LogP contribution in [0.3, 0.4) is 0 Å². The van der Waals surface area contributed by atoms with E-state index in [0.717, 1.165) is 22.5 Å². The summed E-state index contributed by atoms with van der Waals surface area (Å²) in [5, 5.41) is 9.09. The Hall–Kier alpha value is -4.60. The zero-order chi connectivity index (χ0) is 27.1. The zero-order valence-electron chi connectivity index (χ0n) is 20.4. The van der Waals surface area contributed by atoms with Crippen LogP contribution in [0.4, 0.5) is 18.9 Å². The fraction of sp³-hybridized carbons (Fsp3) is 0.179. The van der Waals surface area contributed by atoms with Crippen LogP contribution in [0.15, 0.2) is 85.2 Å². The Bertz CT molecular complexity index is 1380. The Morgan fingerprint density at radius 2 is 1.71 bits per heavy atom. The molecule has 7 nitrogen and oxygen atoms in total.